The van der Waals surface area contributed by atoms with Crippen molar-refractivity contribution < 1.29 is 14.7 Å². The van der Waals surface area contributed by atoms with Gasteiger partial charge in [0, 0.05) is 23.7 Å². The predicted molar refractivity (Wildman–Crippen MR) is 136 cm³/mol. The van der Waals surface area contributed by atoms with Gasteiger partial charge < -0.3 is 10.4 Å². The number of anilines is 1. The van der Waals surface area contributed by atoms with Gasteiger partial charge in [-0.3, -0.25) is 14.5 Å². The molecule has 0 spiro atoms. The lowest BCUT2D eigenvalue weighted by atomic mass is 10.1. The Bertz CT molecular complexity index is 1200. The van der Waals surface area contributed by atoms with Crippen LogP contribution in [0.15, 0.2) is 71.8 Å². The van der Waals surface area contributed by atoms with Gasteiger partial charge in [-0.25, -0.2) is 5.43 Å². The highest BCUT2D eigenvalue weighted by molar-refractivity contribution is 6.31. The number of carbonyl (C=O) groups excluding carboxylic acids is 2. The maximum absolute atomic E-state index is 12.9. The first-order valence-corrected chi connectivity index (χ1v) is 11.1. The van der Waals surface area contributed by atoms with E-state index in [1.807, 2.05) is 49.2 Å². The minimum absolute atomic E-state index is 0.0626. The molecule has 0 unspecified atom stereocenters. The average molecular weight is 479 g/mol. The molecule has 3 aromatic carbocycles. The quantitative estimate of drug-likeness (QED) is 0.319. The van der Waals surface area contributed by atoms with Crippen molar-refractivity contribution >= 4 is 35.3 Å². The fourth-order valence-corrected chi connectivity index (χ4v) is 3.53. The third kappa shape index (κ3) is 7.25. The summed E-state index contributed by atoms with van der Waals surface area (Å²) in [4.78, 5) is 27.6. The van der Waals surface area contributed by atoms with Gasteiger partial charge in [0.15, 0.2) is 0 Å². The smallest absolute Gasteiger partial charge is 0.273 e. The molecule has 34 heavy (non-hydrogen) atoms. The van der Waals surface area contributed by atoms with Crippen molar-refractivity contribution in [3.05, 3.63) is 99.6 Å². The number of aryl methyl sites for hydroxylation is 1. The number of nitrogens with zero attached hydrogens (tertiary/aromatic N) is 2. The van der Waals surface area contributed by atoms with Gasteiger partial charge in [-0.2, -0.15) is 5.10 Å². The number of hydrogen-bond donors (Lipinski definition) is 3. The van der Waals surface area contributed by atoms with Crippen LogP contribution in [0, 0.1) is 6.92 Å². The molecule has 0 aliphatic heterocycles. The topological polar surface area (TPSA) is 94.0 Å². The Kier molecular flexibility index (Phi) is 8.93. The number of benzene rings is 3. The number of amides is 2. The highest BCUT2D eigenvalue weighted by Gasteiger charge is 2.15. The first-order chi connectivity index (χ1) is 16.4. The van der Waals surface area contributed by atoms with E-state index in [0.29, 0.717) is 29.4 Å². The summed E-state index contributed by atoms with van der Waals surface area (Å²) in [6, 6.07) is 19.6. The van der Waals surface area contributed by atoms with E-state index in [1.165, 1.54) is 6.07 Å². The van der Waals surface area contributed by atoms with Crippen molar-refractivity contribution in [2.45, 2.75) is 13.5 Å². The minimum atomic E-state index is -0.499. The second-order valence-electron chi connectivity index (χ2n) is 7.92. The molecule has 3 rings (SSSR count). The molecule has 0 fully saturated rings. The molecule has 0 atom stereocenters. The number of hydrogen-bond acceptors (Lipinski definition) is 5. The van der Waals surface area contributed by atoms with Crippen molar-refractivity contribution in [3.63, 3.8) is 0 Å². The molecule has 176 valence electrons. The molecule has 0 heterocycles. The van der Waals surface area contributed by atoms with E-state index in [9.17, 15) is 9.59 Å². The lowest BCUT2D eigenvalue weighted by molar-refractivity contribution is 0.0956. The normalized spacial score (nSPS) is 11.1. The number of halogens is 1. The summed E-state index contributed by atoms with van der Waals surface area (Å²) < 4.78 is 0. The minimum Gasteiger partial charge on any atom is -0.395 e. The van der Waals surface area contributed by atoms with Crippen molar-refractivity contribution in [2.24, 2.45) is 5.10 Å². The standard InChI is InChI=1S/C26H27ClN4O3/c1-18-5-3-6-19(13-18)16-28-30-26(34)23-15-22(27)9-10-24(23)29-25(33)21-8-4-7-20(14-21)17-31(2)11-12-32/h3-10,13-16,32H,11-12,17H2,1-2H3,(H,29,33)(H,30,34). The third-order valence-corrected chi connectivity index (χ3v) is 5.25. The first-order valence-electron chi connectivity index (χ1n) is 10.7. The fraction of sp³-hybridized carbons (Fsp3) is 0.192. The maximum atomic E-state index is 12.9. The van der Waals surface area contributed by atoms with E-state index < -0.39 is 5.91 Å². The Balaban J connectivity index is 1.73. The molecule has 2 amide bonds. The summed E-state index contributed by atoms with van der Waals surface area (Å²) in [6.07, 6.45) is 1.55. The van der Waals surface area contributed by atoms with Crippen LogP contribution in [0.5, 0.6) is 0 Å². The molecule has 7 nitrogen and oxygen atoms in total. The van der Waals surface area contributed by atoms with Crippen LogP contribution < -0.4 is 10.7 Å². The van der Waals surface area contributed by atoms with Gasteiger partial charge >= 0.3 is 0 Å². The van der Waals surface area contributed by atoms with E-state index in [2.05, 4.69) is 15.8 Å². The zero-order valence-corrected chi connectivity index (χ0v) is 19.8. The van der Waals surface area contributed by atoms with Crippen molar-refractivity contribution in [3.8, 4) is 0 Å². The van der Waals surface area contributed by atoms with Gasteiger partial charge in [-0.1, -0.05) is 53.6 Å². The highest BCUT2D eigenvalue weighted by Crippen LogP contribution is 2.22. The Morgan fingerprint density at radius 2 is 1.85 bits per heavy atom. The van der Waals surface area contributed by atoms with Gasteiger partial charge in [0.1, 0.15) is 0 Å². The molecule has 0 bridgehead atoms. The maximum Gasteiger partial charge on any atom is 0.273 e. The molecule has 8 heteroatoms. The van der Waals surface area contributed by atoms with Crippen LogP contribution in [0.4, 0.5) is 5.69 Å². The van der Waals surface area contributed by atoms with Crippen molar-refractivity contribution in [2.75, 3.05) is 25.5 Å². The summed E-state index contributed by atoms with van der Waals surface area (Å²) in [6.45, 7) is 3.16. The molecule has 0 radical (unpaired) electrons. The van der Waals surface area contributed by atoms with E-state index in [-0.39, 0.29) is 18.1 Å². The first kappa shape index (κ1) is 25.1. The SMILES string of the molecule is Cc1cccc(C=NNC(=O)c2cc(Cl)ccc2NC(=O)c2cccc(CN(C)CCO)c2)c1. The Hall–Kier alpha value is -3.52. The number of carbonyl (C=O) groups is 2. The number of aliphatic hydroxyl groups excluding tert-OH is 1. The van der Waals surface area contributed by atoms with Gasteiger partial charge in [0.05, 0.1) is 24.1 Å². The van der Waals surface area contributed by atoms with E-state index in [0.717, 1.165) is 16.7 Å². The lowest BCUT2D eigenvalue weighted by Gasteiger charge is -2.16. The summed E-state index contributed by atoms with van der Waals surface area (Å²) in [5.41, 5.74) is 6.32. The zero-order valence-electron chi connectivity index (χ0n) is 19.1. The lowest BCUT2D eigenvalue weighted by Crippen LogP contribution is -2.22. The zero-order chi connectivity index (χ0) is 24.5. The second kappa shape index (κ2) is 12.1. The second-order valence-corrected chi connectivity index (χ2v) is 8.36. The van der Waals surface area contributed by atoms with Gasteiger partial charge in [-0.15, -0.1) is 0 Å². The van der Waals surface area contributed by atoms with Crippen LogP contribution in [-0.2, 0) is 6.54 Å². The number of likely N-dealkylation sites (N-methyl/N-ethyl adjacent to an activating group) is 1. The Morgan fingerprint density at radius 3 is 2.62 bits per heavy atom. The van der Waals surface area contributed by atoms with E-state index >= 15 is 0 Å². The van der Waals surface area contributed by atoms with Crippen LogP contribution in [0.3, 0.4) is 0 Å². The summed E-state index contributed by atoms with van der Waals surface area (Å²) in [7, 11) is 1.89. The Labute approximate surface area is 204 Å². The van der Waals surface area contributed by atoms with Crippen molar-refractivity contribution in [1.82, 2.24) is 10.3 Å². The van der Waals surface area contributed by atoms with Crippen LogP contribution in [-0.4, -0.2) is 48.2 Å². The molecule has 0 aliphatic carbocycles. The van der Waals surface area contributed by atoms with E-state index in [1.54, 1.807) is 36.5 Å². The van der Waals surface area contributed by atoms with Crippen LogP contribution >= 0.6 is 11.6 Å². The fourth-order valence-electron chi connectivity index (χ4n) is 3.36. The van der Waals surface area contributed by atoms with Gasteiger partial charge in [0.25, 0.3) is 11.8 Å². The average Bonchev–Trinajstić information content (AvgIpc) is 2.80. The Morgan fingerprint density at radius 1 is 1.06 bits per heavy atom. The van der Waals surface area contributed by atoms with E-state index in [4.69, 9.17) is 16.7 Å². The number of hydrazone groups is 1. The molecule has 3 N–H and O–H groups in total. The highest BCUT2D eigenvalue weighted by atomic mass is 35.5. The summed E-state index contributed by atoms with van der Waals surface area (Å²) in [5.74, 6) is -0.854. The van der Waals surface area contributed by atoms with Crippen LogP contribution in [0.1, 0.15) is 37.4 Å². The van der Waals surface area contributed by atoms with Gasteiger partial charge in [-0.05, 0) is 55.4 Å². The van der Waals surface area contributed by atoms with Crippen molar-refractivity contribution in [1.29, 1.82) is 0 Å². The monoisotopic (exact) mass is 478 g/mol. The van der Waals surface area contributed by atoms with Gasteiger partial charge in [0.2, 0.25) is 0 Å². The molecular formula is C26H27ClN4O3. The summed E-state index contributed by atoms with van der Waals surface area (Å²) in [5, 5.41) is 16.3. The molecule has 0 saturated heterocycles. The number of rotatable bonds is 9. The number of nitrogens with one attached hydrogen (secondary N) is 2. The largest absolute Gasteiger partial charge is 0.395 e. The molecule has 0 aromatic heterocycles. The molecular weight excluding hydrogens is 452 g/mol. The molecule has 0 aliphatic rings. The number of aliphatic hydroxyl groups is 1. The predicted octanol–water partition coefficient (Wildman–Crippen LogP) is 4.09. The molecule has 0 saturated carbocycles. The summed E-state index contributed by atoms with van der Waals surface area (Å²) >= 11 is 6.10. The van der Waals surface area contributed by atoms with Crippen LogP contribution in [0.25, 0.3) is 0 Å². The molecule has 3 aromatic rings. The third-order valence-electron chi connectivity index (χ3n) is 5.02. The van der Waals surface area contributed by atoms with Crippen LogP contribution in [0.2, 0.25) is 5.02 Å².